The number of aryl methyl sites for hydroxylation is 1. The molecule has 0 aliphatic carbocycles. The molecule has 3 aromatic carbocycles. The molecule has 0 radical (unpaired) electrons. The third-order valence-electron chi connectivity index (χ3n) is 6.21. The number of methoxy groups -OCH3 is 1. The van der Waals surface area contributed by atoms with Crippen LogP contribution in [0, 0.1) is 11.6 Å². The molecule has 1 atom stereocenters. The van der Waals surface area contributed by atoms with E-state index in [1.165, 1.54) is 31.4 Å². The molecule has 4 aromatic rings. The first-order valence-electron chi connectivity index (χ1n) is 12.7. The van der Waals surface area contributed by atoms with Gasteiger partial charge in [0.05, 0.1) is 24.4 Å². The van der Waals surface area contributed by atoms with Gasteiger partial charge in [-0.2, -0.15) is 0 Å². The molecule has 1 unspecified atom stereocenters. The highest BCUT2D eigenvalue weighted by Crippen LogP contribution is 2.32. The largest absolute Gasteiger partial charge is 0.497 e. The predicted octanol–water partition coefficient (Wildman–Crippen LogP) is 6.92. The molecule has 5 nitrogen and oxygen atoms in total. The van der Waals surface area contributed by atoms with Crippen molar-refractivity contribution in [3.05, 3.63) is 95.2 Å². The molecule has 0 saturated carbocycles. The van der Waals surface area contributed by atoms with Gasteiger partial charge in [0.2, 0.25) is 0 Å². The Labute approximate surface area is 221 Å². The Kier molecular flexibility index (Phi) is 8.69. The van der Waals surface area contributed by atoms with E-state index in [0.29, 0.717) is 24.3 Å². The van der Waals surface area contributed by atoms with Gasteiger partial charge in [0, 0.05) is 30.5 Å². The number of para-hydroxylation sites is 1. The number of hydrogen-bond acceptors (Lipinski definition) is 5. The van der Waals surface area contributed by atoms with E-state index in [9.17, 15) is 13.6 Å². The highest BCUT2D eigenvalue weighted by molar-refractivity contribution is 5.94. The molecule has 38 heavy (non-hydrogen) atoms. The second-order valence-electron chi connectivity index (χ2n) is 9.60. The van der Waals surface area contributed by atoms with Crippen LogP contribution in [0.25, 0.3) is 22.0 Å². The fourth-order valence-corrected chi connectivity index (χ4v) is 4.39. The molecule has 0 saturated heterocycles. The first-order valence-corrected chi connectivity index (χ1v) is 12.7. The molecule has 0 bridgehead atoms. The van der Waals surface area contributed by atoms with E-state index in [1.807, 2.05) is 43.3 Å². The van der Waals surface area contributed by atoms with E-state index in [0.717, 1.165) is 33.3 Å². The minimum Gasteiger partial charge on any atom is -0.497 e. The van der Waals surface area contributed by atoms with E-state index in [2.05, 4.69) is 5.32 Å². The standard InChI is InChI=1S/C31H32F2N2O3/c1-19(2)38-31(36)10-9-21-11-23(15-24(32)12-21)28-17-30(35-29-8-6-5-7-27(28)29)20(3)34-18-22-13-25(33)16-26(14-22)37-4/h5-8,11-17,19-20,34H,9-10,18H2,1-4H3. The van der Waals surface area contributed by atoms with Gasteiger partial charge in [-0.3, -0.25) is 9.78 Å². The molecule has 0 aliphatic heterocycles. The van der Waals surface area contributed by atoms with Crippen LogP contribution >= 0.6 is 0 Å². The van der Waals surface area contributed by atoms with Gasteiger partial charge in [-0.05, 0) is 85.8 Å². The summed E-state index contributed by atoms with van der Waals surface area (Å²) in [6.07, 6.45) is 0.363. The number of pyridine rings is 1. The van der Waals surface area contributed by atoms with Gasteiger partial charge in [0.15, 0.2) is 0 Å². The summed E-state index contributed by atoms with van der Waals surface area (Å²) in [6, 6.07) is 19.0. The van der Waals surface area contributed by atoms with Gasteiger partial charge in [-0.25, -0.2) is 8.78 Å². The molecule has 1 heterocycles. The lowest BCUT2D eigenvalue weighted by Gasteiger charge is -2.17. The summed E-state index contributed by atoms with van der Waals surface area (Å²) < 4.78 is 39.0. The lowest BCUT2D eigenvalue weighted by Crippen LogP contribution is -2.19. The lowest BCUT2D eigenvalue weighted by atomic mass is 9.96. The molecule has 198 valence electrons. The van der Waals surface area contributed by atoms with Gasteiger partial charge >= 0.3 is 5.97 Å². The molecule has 0 amide bonds. The van der Waals surface area contributed by atoms with Crippen LogP contribution in [-0.2, 0) is 22.5 Å². The Morgan fingerprint density at radius 3 is 2.45 bits per heavy atom. The van der Waals surface area contributed by atoms with Crippen LogP contribution in [0.3, 0.4) is 0 Å². The number of hydrogen-bond donors (Lipinski definition) is 1. The van der Waals surface area contributed by atoms with Crippen molar-refractivity contribution >= 4 is 16.9 Å². The van der Waals surface area contributed by atoms with E-state index >= 15 is 0 Å². The zero-order valence-corrected chi connectivity index (χ0v) is 22.1. The van der Waals surface area contributed by atoms with E-state index in [1.54, 1.807) is 19.9 Å². The smallest absolute Gasteiger partial charge is 0.306 e. The van der Waals surface area contributed by atoms with Crippen LogP contribution in [0.5, 0.6) is 5.75 Å². The Bertz CT molecular complexity index is 1440. The number of fused-ring (bicyclic) bond motifs is 1. The molecule has 1 aromatic heterocycles. The molecular weight excluding hydrogens is 486 g/mol. The van der Waals surface area contributed by atoms with Crippen molar-refractivity contribution in [2.75, 3.05) is 7.11 Å². The quantitative estimate of drug-likeness (QED) is 0.231. The third kappa shape index (κ3) is 6.92. The molecule has 1 N–H and O–H groups in total. The summed E-state index contributed by atoms with van der Waals surface area (Å²) in [5.74, 6) is -0.582. The van der Waals surface area contributed by atoms with Crippen LogP contribution in [0.15, 0.2) is 66.7 Å². The minimum atomic E-state index is -0.372. The highest BCUT2D eigenvalue weighted by Gasteiger charge is 2.15. The van der Waals surface area contributed by atoms with Crippen molar-refractivity contribution in [3.8, 4) is 16.9 Å². The topological polar surface area (TPSA) is 60.5 Å². The third-order valence-corrected chi connectivity index (χ3v) is 6.21. The number of carbonyl (C=O) groups excluding carboxylic acids is 1. The number of benzene rings is 3. The van der Waals surface area contributed by atoms with E-state index in [-0.39, 0.29) is 36.2 Å². The Balaban J connectivity index is 1.63. The van der Waals surface area contributed by atoms with E-state index in [4.69, 9.17) is 14.5 Å². The zero-order valence-electron chi connectivity index (χ0n) is 22.1. The maximum atomic E-state index is 14.7. The second-order valence-corrected chi connectivity index (χ2v) is 9.60. The van der Waals surface area contributed by atoms with Crippen molar-refractivity contribution in [2.24, 2.45) is 0 Å². The zero-order chi connectivity index (χ0) is 27.2. The summed E-state index contributed by atoms with van der Waals surface area (Å²) in [6.45, 7) is 5.99. The molecule has 0 fully saturated rings. The first kappa shape index (κ1) is 27.2. The number of ether oxygens (including phenoxy) is 2. The minimum absolute atomic E-state index is 0.175. The van der Waals surface area contributed by atoms with Gasteiger partial charge in [0.25, 0.3) is 0 Å². The van der Waals surface area contributed by atoms with Crippen LogP contribution in [0.2, 0.25) is 0 Å². The maximum Gasteiger partial charge on any atom is 0.306 e. The fraction of sp³-hybridized carbons (Fsp3) is 0.290. The number of nitrogens with one attached hydrogen (secondary N) is 1. The number of carbonyl (C=O) groups is 1. The summed E-state index contributed by atoms with van der Waals surface area (Å²) in [5.41, 5.74) is 4.58. The van der Waals surface area contributed by atoms with Gasteiger partial charge in [0.1, 0.15) is 17.4 Å². The van der Waals surface area contributed by atoms with Crippen LogP contribution in [-0.4, -0.2) is 24.2 Å². The monoisotopic (exact) mass is 518 g/mol. The van der Waals surface area contributed by atoms with Gasteiger partial charge in [-0.15, -0.1) is 0 Å². The molecule has 4 rings (SSSR count). The average Bonchev–Trinajstić information content (AvgIpc) is 2.89. The molecule has 7 heteroatoms. The Hall–Kier alpha value is -3.84. The van der Waals surface area contributed by atoms with Gasteiger partial charge in [-0.1, -0.05) is 24.3 Å². The number of halogens is 2. The van der Waals surface area contributed by atoms with Crippen molar-refractivity contribution < 1.29 is 23.0 Å². The van der Waals surface area contributed by atoms with Gasteiger partial charge < -0.3 is 14.8 Å². The summed E-state index contributed by atoms with van der Waals surface area (Å²) >= 11 is 0. The van der Waals surface area contributed by atoms with Crippen molar-refractivity contribution in [1.82, 2.24) is 10.3 Å². The van der Waals surface area contributed by atoms with E-state index < -0.39 is 0 Å². The molecule has 0 aliphatic rings. The molecule has 0 spiro atoms. The first-order chi connectivity index (χ1) is 18.2. The van der Waals surface area contributed by atoms with Crippen molar-refractivity contribution in [2.45, 2.75) is 52.3 Å². The average molecular weight is 519 g/mol. The Morgan fingerprint density at radius 1 is 0.947 bits per heavy atom. The predicted molar refractivity (Wildman–Crippen MR) is 145 cm³/mol. The number of nitrogens with zero attached hydrogens (tertiary/aromatic N) is 1. The maximum absolute atomic E-state index is 14.7. The lowest BCUT2D eigenvalue weighted by molar-refractivity contribution is -0.147. The summed E-state index contributed by atoms with van der Waals surface area (Å²) in [7, 11) is 1.50. The fourth-order valence-electron chi connectivity index (χ4n) is 4.39. The number of rotatable bonds is 10. The summed E-state index contributed by atoms with van der Waals surface area (Å²) in [5, 5.41) is 4.30. The SMILES string of the molecule is COc1cc(F)cc(CNC(C)c2cc(-c3cc(F)cc(CCC(=O)OC(C)C)c3)c3ccccc3n2)c1. The number of esters is 1. The van der Waals surface area contributed by atoms with Crippen molar-refractivity contribution in [3.63, 3.8) is 0 Å². The Morgan fingerprint density at radius 2 is 1.68 bits per heavy atom. The van der Waals surface area contributed by atoms with Crippen molar-refractivity contribution in [1.29, 1.82) is 0 Å². The summed E-state index contributed by atoms with van der Waals surface area (Å²) in [4.78, 5) is 16.9. The molecular formula is C31H32F2N2O3. The highest BCUT2D eigenvalue weighted by atomic mass is 19.1. The normalized spacial score (nSPS) is 12.1. The van der Waals surface area contributed by atoms with Crippen LogP contribution < -0.4 is 10.1 Å². The van der Waals surface area contributed by atoms with Crippen LogP contribution in [0.1, 0.15) is 50.1 Å². The second kappa shape index (κ2) is 12.1. The van der Waals surface area contributed by atoms with Crippen LogP contribution in [0.4, 0.5) is 8.78 Å². The number of aromatic nitrogens is 1.